The van der Waals surface area contributed by atoms with Gasteiger partial charge in [0.05, 0.1) is 0 Å². The first-order chi connectivity index (χ1) is 7.00. The van der Waals surface area contributed by atoms with Gasteiger partial charge in [0.1, 0.15) is 11.9 Å². The van der Waals surface area contributed by atoms with E-state index in [-0.39, 0.29) is 5.56 Å². The van der Waals surface area contributed by atoms with E-state index in [9.17, 15) is 14.0 Å². The number of halogens is 1. The highest BCUT2D eigenvalue weighted by molar-refractivity contribution is 5.97. The maximum Gasteiger partial charge on any atom is 0.252 e. The van der Waals surface area contributed by atoms with Gasteiger partial charge < -0.3 is 11.1 Å². The Hall–Kier alpha value is -1.91. The molecule has 3 N–H and O–H groups in total. The molecule has 0 aliphatic rings. The van der Waals surface area contributed by atoms with Gasteiger partial charge in [-0.3, -0.25) is 9.59 Å². The van der Waals surface area contributed by atoms with Crippen molar-refractivity contribution >= 4 is 11.8 Å². The van der Waals surface area contributed by atoms with Crippen molar-refractivity contribution in [1.82, 2.24) is 5.32 Å². The van der Waals surface area contributed by atoms with E-state index in [1.165, 1.54) is 25.1 Å². The fourth-order valence-corrected chi connectivity index (χ4v) is 0.981. The molecule has 5 heteroatoms. The standard InChI is InChI=1S/C10H11FN2O2/c1-6(9(12)14)13-10(15)7-3-2-4-8(11)5-7/h2-6H,1H3,(H2,12,14)(H,13,15)/t6-/m1/s1. The molecule has 0 radical (unpaired) electrons. The minimum Gasteiger partial charge on any atom is -0.368 e. The molecule has 1 atom stereocenters. The van der Waals surface area contributed by atoms with Crippen LogP contribution in [0.5, 0.6) is 0 Å². The van der Waals surface area contributed by atoms with Crippen molar-refractivity contribution in [3.8, 4) is 0 Å². The van der Waals surface area contributed by atoms with Gasteiger partial charge in [0, 0.05) is 5.56 Å². The van der Waals surface area contributed by atoms with E-state index in [0.717, 1.165) is 6.07 Å². The van der Waals surface area contributed by atoms with E-state index in [2.05, 4.69) is 5.32 Å². The molecule has 1 aromatic rings. The highest BCUT2D eigenvalue weighted by Gasteiger charge is 2.13. The molecule has 1 rings (SSSR count). The molecule has 4 nitrogen and oxygen atoms in total. The highest BCUT2D eigenvalue weighted by Crippen LogP contribution is 2.03. The van der Waals surface area contributed by atoms with Gasteiger partial charge in [-0.1, -0.05) is 6.07 Å². The van der Waals surface area contributed by atoms with Crippen molar-refractivity contribution in [3.63, 3.8) is 0 Å². The summed E-state index contributed by atoms with van der Waals surface area (Å²) in [4.78, 5) is 22.1. The lowest BCUT2D eigenvalue weighted by molar-refractivity contribution is -0.119. The van der Waals surface area contributed by atoms with Gasteiger partial charge in [0.15, 0.2) is 0 Å². The molecule has 0 aliphatic heterocycles. The number of rotatable bonds is 3. The van der Waals surface area contributed by atoms with Crippen LogP contribution >= 0.6 is 0 Å². The van der Waals surface area contributed by atoms with Crippen LogP contribution in [0.1, 0.15) is 17.3 Å². The van der Waals surface area contributed by atoms with Crippen LogP contribution in [0.2, 0.25) is 0 Å². The van der Waals surface area contributed by atoms with Gasteiger partial charge in [-0.25, -0.2) is 4.39 Å². The van der Waals surface area contributed by atoms with E-state index in [1.54, 1.807) is 0 Å². The lowest BCUT2D eigenvalue weighted by Gasteiger charge is -2.09. The third kappa shape index (κ3) is 3.05. The Labute approximate surface area is 86.3 Å². The summed E-state index contributed by atoms with van der Waals surface area (Å²) >= 11 is 0. The Balaban J connectivity index is 2.73. The van der Waals surface area contributed by atoms with E-state index in [1.807, 2.05) is 0 Å². The molecule has 0 aromatic heterocycles. The van der Waals surface area contributed by atoms with Crippen LogP contribution in [-0.4, -0.2) is 17.9 Å². The topological polar surface area (TPSA) is 72.2 Å². The number of benzene rings is 1. The molecule has 0 aliphatic carbocycles. The molecule has 0 saturated heterocycles. The number of hydrogen-bond donors (Lipinski definition) is 2. The Kier molecular flexibility index (Phi) is 3.38. The zero-order valence-corrected chi connectivity index (χ0v) is 8.16. The SMILES string of the molecule is C[C@@H](NC(=O)c1cccc(F)c1)C(N)=O. The summed E-state index contributed by atoms with van der Waals surface area (Å²) in [6, 6.07) is 4.41. The average Bonchev–Trinajstić information content (AvgIpc) is 2.17. The zero-order valence-electron chi connectivity index (χ0n) is 8.16. The smallest absolute Gasteiger partial charge is 0.252 e. The van der Waals surface area contributed by atoms with Gasteiger partial charge in [-0.05, 0) is 25.1 Å². The van der Waals surface area contributed by atoms with Crippen molar-refractivity contribution in [2.24, 2.45) is 5.73 Å². The molecular weight excluding hydrogens is 199 g/mol. The maximum absolute atomic E-state index is 12.8. The van der Waals surface area contributed by atoms with Gasteiger partial charge >= 0.3 is 0 Å². The summed E-state index contributed by atoms with van der Waals surface area (Å²) in [5, 5.41) is 2.34. The Bertz CT molecular complexity index is 393. The van der Waals surface area contributed by atoms with Gasteiger partial charge in [-0.2, -0.15) is 0 Å². The summed E-state index contributed by atoms with van der Waals surface area (Å²) in [5.74, 6) is -1.67. The Morgan fingerprint density at radius 1 is 1.47 bits per heavy atom. The van der Waals surface area contributed by atoms with E-state index in [4.69, 9.17) is 5.73 Å². The fraction of sp³-hybridized carbons (Fsp3) is 0.200. The Morgan fingerprint density at radius 2 is 2.13 bits per heavy atom. The number of amides is 2. The largest absolute Gasteiger partial charge is 0.368 e. The van der Waals surface area contributed by atoms with E-state index in [0.29, 0.717) is 0 Å². The third-order valence-electron chi connectivity index (χ3n) is 1.86. The van der Waals surface area contributed by atoms with Gasteiger partial charge in [0.2, 0.25) is 5.91 Å². The molecule has 80 valence electrons. The van der Waals surface area contributed by atoms with Crippen LogP contribution in [0.3, 0.4) is 0 Å². The first-order valence-corrected chi connectivity index (χ1v) is 4.36. The Morgan fingerprint density at radius 3 is 2.67 bits per heavy atom. The van der Waals surface area contributed by atoms with Crippen LogP contribution in [0.25, 0.3) is 0 Å². The molecule has 0 spiro atoms. The summed E-state index contributed by atoms with van der Waals surface area (Å²) in [6.45, 7) is 1.46. The van der Waals surface area contributed by atoms with Crippen LogP contribution in [0.15, 0.2) is 24.3 Å². The predicted octanol–water partition coefficient (Wildman–Crippen LogP) is 0.429. The maximum atomic E-state index is 12.8. The van der Waals surface area contributed by atoms with Crippen molar-refractivity contribution in [2.45, 2.75) is 13.0 Å². The van der Waals surface area contributed by atoms with E-state index >= 15 is 0 Å². The second-order valence-corrected chi connectivity index (χ2v) is 3.11. The highest BCUT2D eigenvalue weighted by atomic mass is 19.1. The summed E-state index contributed by atoms with van der Waals surface area (Å²) in [6.07, 6.45) is 0. The third-order valence-corrected chi connectivity index (χ3v) is 1.86. The molecule has 2 amide bonds. The first kappa shape index (κ1) is 11.2. The number of primary amides is 1. The van der Waals surface area contributed by atoms with Crippen LogP contribution in [0, 0.1) is 5.82 Å². The van der Waals surface area contributed by atoms with Crippen LogP contribution in [-0.2, 0) is 4.79 Å². The molecule has 0 fully saturated rings. The lowest BCUT2D eigenvalue weighted by atomic mass is 10.2. The second kappa shape index (κ2) is 4.54. The van der Waals surface area contributed by atoms with Crippen molar-refractivity contribution in [2.75, 3.05) is 0 Å². The van der Waals surface area contributed by atoms with Crippen molar-refractivity contribution < 1.29 is 14.0 Å². The van der Waals surface area contributed by atoms with Crippen LogP contribution in [0.4, 0.5) is 4.39 Å². The monoisotopic (exact) mass is 210 g/mol. The second-order valence-electron chi connectivity index (χ2n) is 3.11. The minimum absolute atomic E-state index is 0.156. The molecule has 0 heterocycles. The number of nitrogens with two attached hydrogens (primary N) is 1. The van der Waals surface area contributed by atoms with Gasteiger partial charge in [0.25, 0.3) is 5.91 Å². The van der Waals surface area contributed by atoms with Crippen molar-refractivity contribution in [1.29, 1.82) is 0 Å². The predicted molar refractivity (Wildman–Crippen MR) is 52.5 cm³/mol. The number of carbonyl (C=O) groups excluding carboxylic acids is 2. The molecule has 0 unspecified atom stereocenters. The number of hydrogen-bond acceptors (Lipinski definition) is 2. The lowest BCUT2D eigenvalue weighted by Crippen LogP contribution is -2.42. The normalized spacial score (nSPS) is 11.9. The molecule has 1 aromatic carbocycles. The summed E-state index contributed by atoms with van der Waals surface area (Å²) in [5.41, 5.74) is 5.12. The average molecular weight is 210 g/mol. The number of nitrogens with one attached hydrogen (secondary N) is 1. The number of carbonyl (C=O) groups is 2. The summed E-state index contributed by atoms with van der Waals surface area (Å²) < 4.78 is 12.8. The molecule has 0 saturated carbocycles. The molecule has 0 bridgehead atoms. The first-order valence-electron chi connectivity index (χ1n) is 4.36. The zero-order chi connectivity index (χ0) is 11.4. The van der Waals surface area contributed by atoms with Crippen molar-refractivity contribution in [3.05, 3.63) is 35.6 Å². The van der Waals surface area contributed by atoms with Crippen LogP contribution < -0.4 is 11.1 Å². The summed E-state index contributed by atoms with van der Waals surface area (Å²) in [7, 11) is 0. The minimum atomic E-state index is -0.777. The fourth-order valence-electron chi connectivity index (χ4n) is 0.981. The quantitative estimate of drug-likeness (QED) is 0.759. The van der Waals surface area contributed by atoms with Gasteiger partial charge in [-0.15, -0.1) is 0 Å². The molecule has 15 heavy (non-hydrogen) atoms. The van der Waals surface area contributed by atoms with E-state index < -0.39 is 23.7 Å². The molecular formula is C10H11FN2O2.